The molecule has 0 aliphatic rings. The molecule has 1 amide bonds. The second-order valence-corrected chi connectivity index (χ2v) is 20.3. The fourth-order valence-electron chi connectivity index (χ4n) is 8.86. The minimum Gasteiger partial charge on any atom is -0.466 e. The summed E-state index contributed by atoms with van der Waals surface area (Å²) in [7, 11) is 0. The molecular weight excluding hydrogens is 851 g/mol. The van der Waals surface area contributed by atoms with Crippen LogP contribution in [-0.4, -0.2) is 47.4 Å². The number of hydrogen-bond donors (Lipinski definition) is 3. The third-order valence-corrected chi connectivity index (χ3v) is 13.5. The summed E-state index contributed by atoms with van der Waals surface area (Å²) in [5.74, 6) is -0.115. The fraction of sp³-hybridized carbons (Fsp3) is 0.810. The summed E-state index contributed by atoms with van der Waals surface area (Å²) in [6, 6.07) is -0.643. The van der Waals surface area contributed by atoms with Crippen LogP contribution in [0.2, 0.25) is 0 Å². The van der Waals surface area contributed by atoms with Crippen molar-refractivity contribution in [3.8, 4) is 0 Å². The Hall–Kier alpha value is -2.44. The molecule has 69 heavy (non-hydrogen) atoms. The van der Waals surface area contributed by atoms with Crippen LogP contribution in [0.25, 0.3) is 0 Å². The van der Waals surface area contributed by atoms with Crippen molar-refractivity contribution in [1.29, 1.82) is 0 Å². The van der Waals surface area contributed by atoms with Crippen LogP contribution >= 0.6 is 0 Å². The number of carbonyl (C=O) groups excluding carboxylic acids is 2. The van der Waals surface area contributed by atoms with Gasteiger partial charge >= 0.3 is 5.97 Å². The quantitative estimate of drug-likeness (QED) is 0.0321. The van der Waals surface area contributed by atoms with E-state index in [1.165, 1.54) is 180 Å². The number of rotatable bonds is 55. The van der Waals surface area contributed by atoms with Crippen molar-refractivity contribution in [2.24, 2.45) is 0 Å². The van der Waals surface area contributed by atoms with E-state index in [4.69, 9.17) is 4.74 Å². The third-order valence-electron chi connectivity index (χ3n) is 13.5. The minimum absolute atomic E-state index is 0.0315. The van der Waals surface area contributed by atoms with E-state index in [0.29, 0.717) is 19.4 Å². The zero-order valence-corrected chi connectivity index (χ0v) is 45.8. The van der Waals surface area contributed by atoms with Gasteiger partial charge in [0.2, 0.25) is 5.91 Å². The Kier molecular flexibility index (Phi) is 56.1. The van der Waals surface area contributed by atoms with E-state index in [1.54, 1.807) is 6.08 Å². The number of allylic oxidation sites excluding steroid dienone is 9. The van der Waals surface area contributed by atoms with Crippen LogP contribution in [0.3, 0.4) is 0 Å². The van der Waals surface area contributed by atoms with E-state index < -0.39 is 12.1 Å². The minimum atomic E-state index is -0.858. The van der Waals surface area contributed by atoms with Gasteiger partial charge in [-0.1, -0.05) is 254 Å². The average molecular weight is 967 g/mol. The summed E-state index contributed by atoms with van der Waals surface area (Å²) < 4.78 is 5.44. The van der Waals surface area contributed by atoms with Crippen molar-refractivity contribution in [3.63, 3.8) is 0 Å². The second kappa shape index (κ2) is 58.1. The molecule has 0 aliphatic carbocycles. The first-order valence-electron chi connectivity index (χ1n) is 30.1. The Bertz CT molecular complexity index is 1210. The van der Waals surface area contributed by atoms with Crippen LogP contribution in [-0.2, 0) is 14.3 Å². The Morgan fingerprint density at radius 2 is 0.739 bits per heavy atom. The number of amides is 1. The highest BCUT2D eigenvalue weighted by molar-refractivity contribution is 5.76. The largest absolute Gasteiger partial charge is 0.466 e. The molecule has 0 aromatic rings. The first-order chi connectivity index (χ1) is 34.0. The molecule has 6 nitrogen and oxygen atoms in total. The fourth-order valence-corrected chi connectivity index (χ4v) is 8.86. The lowest BCUT2D eigenvalue weighted by molar-refractivity contribution is -0.143. The highest BCUT2D eigenvalue weighted by Crippen LogP contribution is 2.16. The van der Waals surface area contributed by atoms with E-state index in [9.17, 15) is 19.8 Å². The first kappa shape index (κ1) is 66.6. The molecule has 0 rings (SSSR count). The number of nitrogens with one attached hydrogen (secondary N) is 1. The van der Waals surface area contributed by atoms with Crippen molar-refractivity contribution in [2.45, 2.75) is 315 Å². The number of unbranched alkanes of at least 4 members (excludes halogenated alkanes) is 36. The molecule has 402 valence electrons. The molecule has 0 bridgehead atoms. The lowest BCUT2D eigenvalue weighted by atomic mass is 10.0. The normalized spacial score (nSPS) is 13.0. The molecule has 2 atom stereocenters. The van der Waals surface area contributed by atoms with Gasteiger partial charge in [0.1, 0.15) is 0 Å². The molecule has 0 spiro atoms. The second-order valence-electron chi connectivity index (χ2n) is 20.3. The summed E-state index contributed by atoms with van der Waals surface area (Å²) in [5.41, 5.74) is 0. The Balaban J connectivity index is 3.55. The summed E-state index contributed by atoms with van der Waals surface area (Å²) >= 11 is 0. The number of carbonyl (C=O) groups is 2. The first-order valence-corrected chi connectivity index (χ1v) is 30.1. The van der Waals surface area contributed by atoms with Crippen LogP contribution in [0.5, 0.6) is 0 Å². The number of aliphatic hydroxyl groups excluding tert-OH is 2. The van der Waals surface area contributed by atoms with Crippen molar-refractivity contribution in [1.82, 2.24) is 5.32 Å². The van der Waals surface area contributed by atoms with Gasteiger partial charge in [0, 0.05) is 12.8 Å². The number of hydrogen-bond acceptors (Lipinski definition) is 5. The Morgan fingerprint density at radius 3 is 1.14 bits per heavy atom. The monoisotopic (exact) mass is 966 g/mol. The highest BCUT2D eigenvalue weighted by atomic mass is 16.5. The molecule has 0 aliphatic heterocycles. The van der Waals surface area contributed by atoms with Gasteiger partial charge in [-0.25, -0.2) is 0 Å². The summed E-state index contributed by atoms with van der Waals surface area (Å²) in [4.78, 5) is 24.5. The van der Waals surface area contributed by atoms with E-state index in [2.05, 4.69) is 67.8 Å². The standard InChI is InChI=1S/C63H115NO5/c1-3-5-7-9-11-13-15-17-19-20-21-22-23-25-28-31-35-39-43-47-51-55-61(66)60(59-65)64-62(67)56-52-48-44-40-36-32-29-26-24-27-30-34-38-42-46-50-54-58-69-63(68)57-53-49-45-41-37-33-18-16-14-12-10-8-6-4-2/h10,12,16,18,24,27,34,38,51,55,60-61,65-66H,3-9,11,13-15,17,19-23,25-26,28-33,35-37,39-50,52-54,56-59H2,1-2H3,(H,64,67)/b12-10-,18-16-,27-24-,38-34-,55-51+. The maximum absolute atomic E-state index is 12.5. The maximum atomic E-state index is 12.5. The number of aliphatic hydroxyl groups is 2. The molecule has 6 heteroatoms. The smallest absolute Gasteiger partial charge is 0.305 e. The van der Waals surface area contributed by atoms with Crippen LogP contribution in [0, 0.1) is 0 Å². The molecule has 0 aromatic carbocycles. The van der Waals surface area contributed by atoms with E-state index >= 15 is 0 Å². The van der Waals surface area contributed by atoms with Crippen molar-refractivity contribution in [3.05, 3.63) is 60.8 Å². The van der Waals surface area contributed by atoms with E-state index in [0.717, 1.165) is 96.3 Å². The summed E-state index contributed by atoms with van der Waals surface area (Å²) in [6.45, 7) is 4.82. The number of esters is 1. The Morgan fingerprint density at radius 1 is 0.406 bits per heavy atom. The van der Waals surface area contributed by atoms with Gasteiger partial charge in [0.25, 0.3) is 0 Å². The van der Waals surface area contributed by atoms with Gasteiger partial charge in [-0.2, -0.15) is 0 Å². The SMILES string of the molecule is CCCC/C=C\C/C=C\CCCCCCCC(=O)OCCCCC/C=C\C/C=C\CCCCCCCCCC(=O)NC(CO)C(O)/C=C/CCCCCCCCCCCCCCCCCCCCC. The van der Waals surface area contributed by atoms with Crippen molar-refractivity contribution in [2.75, 3.05) is 13.2 Å². The molecule has 3 N–H and O–H groups in total. The molecule has 0 saturated heterocycles. The predicted octanol–water partition coefficient (Wildman–Crippen LogP) is 18.7. The summed E-state index contributed by atoms with van der Waals surface area (Å²) in [6.07, 6.45) is 75.3. The van der Waals surface area contributed by atoms with Crippen LogP contribution in [0.4, 0.5) is 0 Å². The van der Waals surface area contributed by atoms with Gasteiger partial charge in [-0.15, -0.1) is 0 Å². The van der Waals surface area contributed by atoms with Crippen LogP contribution in [0.15, 0.2) is 60.8 Å². The molecule has 2 unspecified atom stereocenters. The van der Waals surface area contributed by atoms with Gasteiger partial charge in [0.05, 0.1) is 25.4 Å². The molecule has 0 heterocycles. The topological polar surface area (TPSA) is 95.9 Å². The maximum Gasteiger partial charge on any atom is 0.305 e. The zero-order chi connectivity index (χ0) is 50.0. The molecule has 0 aromatic heterocycles. The van der Waals surface area contributed by atoms with E-state index in [1.807, 2.05) is 6.08 Å². The van der Waals surface area contributed by atoms with E-state index in [-0.39, 0.29) is 18.5 Å². The molecule has 0 radical (unpaired) electrons. The molecular formula is C63H115NO5. The average Bonchev–Trinajstić information content (AvgIpc) is 3.35. The third kappa shape index (κ3) is 54.7. The van der Waals surface area contributed by atoms with Gasteiger partial charge in [-0.05, 0) is 96.3 Å². The van der Waals surface area contributed by atoms with Gasteiger partial charge < -0.3 is 20.3 Å². The zero-order valence-electron chi connectivity index (χ0n) is 45.8. The van der Waals surface area contributed by atoms with Gasteiger partial charge in [0.15, 0.2) is 0 Å². The lowest BCUT2D eigenvalue weighted by Gasteiger charge is -2.20. The predicted molar refractivity (Wildman–Crippen MR) is 301 cm³/mol. The van der Waals surface area contributed by atoms with Gasteiger partial charge in [-0.3, -0.25) is 9.59 Å². The van der Waals surface area contributed by atoms with Crippen LogP contribution < -0.4 is 5.32 Å². The highest BCUT2D eigenvalue weighted by Gasteiger charge is 2.18. The van der Waals surface area contributed by atoms with Crippen LogP contribution in [0.1, 0.15) is 303 Å². The Labute approximate surface area is 428 Å². The summed E-state index contributed by atoms with van der Waals surface area (Å²) in [5, 5.41) is 23.2. The molecule has 0 fully saturated rings. The number of ether oxygens (including phenoxy) is 1. The van der Waals surface area contributed by atoms with Crippen molar-refractivity contribution >= 4 is 11.9 Å². The lowest BCUT2D eigenvalue weighted by Crippen LogP contribution is -2.45. The molecule has 0 saturated carbocycles. The van der Waals surface area contributed by atoms with Crippen molar-refractivity contribution < 1.29 is 24.5 Å².